The maximum atomic E-state index is 12.8. The van der Waals surface area contributed by atoms with Gasteiger partial charge in [-0.3, -0.25) is 4.79 Å². The summed E-state index contributed by atoms with van der Waals surface area (Å²) >= 11 is 0. The quantitative estimate of drug-likeness (QED) is 0.472. The van der Waals surface area contributed by atoms with E-state index in [1.54, 1.807) is 13.2 Å². The number of aryl methyl sites for hydroxylation is 3. The molecule has 2 aromatic carbocycles. The second-order valence-corrected chi connectivity index (χ2v) is 6.81. The third kappa shape index (κ3) is 3.94. The number of para-hydroxylation sites is 1. The van der Waals surface area contributed by atoms with Crippen molar-refractivity contribution >= 4 is 22.7 Å². The van der Waals surface area contributed by atoms with Crippen LogP contribution in [-0.4, -0.2) is 30.5 Å². The van der Waals surface area contributed by atoms with Gasteiger partial charge in [0, 0.05) is 18.1 Å². The van der Waals surface area contributed by atoms with E-state index in [-0.39, 0.29) is 19.0 Å². The van der Waals surface area contributed by atoms with Crippen LogP contribution in [0.25, 0.3) is 10.9 Å². The summed E-state index contributed by atoms with van der Waals surface area (Å²) in [7, 11) is 1.55. The van der Waals surface area contributed by atoms with Gasteiger partial charge in [-0.15, -0.1) is 0 Å². The molecule has 0 saturated carbocycles. The van der Waals surface area contributed by atoms with Gasteiger partial charge in [-0.2, -0.15) is 0 Å². The van der Waals surface area contributed by atoms with Crippen LogP contribution in [0.2, 0.25) is 0 Å². The second kappa shape index (κ2) is 8.31. The minimum atomic E-state index is -0.569. The number of benzene rings is 2. The lowest BCUT2D eigenvalue weighted by Gasteiger charge is -2.14. The Hall–Kier alpha value is -3.05. The standard InChI is InChI=1S/C23H23NO4/c1-14-9-10-17(11-15(14)2)21(25)13-28-23(26)22-16(3)18-7-5-6-8-19(18)24-20(22)12-27-4/h5-11H,12-13H2,1-4H3. The van der Waals surface area contributed by atoms with E-state index in [0.29, 0.717) is 16.8 Å². The predicted molar refractivity (Wildman–Crippen MR) is 108 cm³/mol. The highest BCUT2D eigenvalue weighted by Crippen LogP contribution is 2.24. The van der Waals surface area contributed by atoms with Crippen LogP contribution in [0.15, 0.2) is 42.5 Å². The second-order valence-electron chi connectivity index (χ2n) is 6.81. The van der Waals surface area contributed by atoms with Crippen LogP contribution in [0.5, 0.6) is 0 Å². The molecule has 144 valence electrons. The molecule has 28 heavy (non-hydrogen) atoms. The number of carbonyl (C=O) groups excluding carboxylic acids is 2. The van der Waals surface area contributed by atoms with Crippen LogP contribution in [0.4, 0.5) is 0 Å². The maximum Gasteiger partial charge on any atom is 0.340 e. The molecule has 0 unspecified atom stereocenters. The fourth-order valence-electron chi connectivity index (χ4n) is 3.15. The van der Waals surface area contributed by atoms with Crippen molar-refractivity contribution in [2.75, 3.05) is 13.7 Å². The lowest BCUT2D eigenvalue weighted by atomic mass is 10.0. The fraction of sp³-hybridized carbons (Fsp3) is 0.261. The molecule has 0 aliphatic rings. The normalized spacial score (nSPS) is 10.9. The number of pyridine rings is 1. The van der Waals surface area contributed by atoms with Gasteiger partial charge in [-0.1, -0.05) is 30.3 Å². The first-order valence-electron chi connectivity index (χ1n) is 9.07. The van der Waals surface area contributed by atoms with Crippen molar-refractivity contribution in [3.8, 4) is 0 Å². The summed E-state index contributed by atoms with van der Waals surface area (Å²) in [5.41, 5.74) is 5.07. The summed E-state index contributed by atoms with van der Waals surface area (Å²) in [6.07, 6.45) is 0. The predicted octanol–water partition coefficient (Wildman–Crippen LogP) is 4.35. The molecular weight excluding hydrogens is 354 g/mol. The monoisotopic (exact) mass is 377 g/mol. The lowest BCUT2D eigenvalue weighted by Crippen LogP contribution is -2.18. The van der Waals surface area contributed by atoms with Gasteiger partial charge in [0.2, 0.25) is 0 Å². The van der Waals surface area contributed by atoms with Crippen LogP contribution in [0, 0.1) is 20.8 Å². The Labute approximate surface area is 164 Å². The van der Waals surface area contributed by atoms with E-state index in [4.69, 9.17) is 9.47 Å². The molecule has 0 aliphatic carbocycles. The van der Waals surface area contributed by atoms with E-state index in [9.17, 15) is 9.59 Å². The van der Waals surface area contributed by atoms with Gasteiger partial charge in [0.1, 0.15) is 0 Å². The highest BCUT2D eigenvalue weighted by Gasteiger charge is 2.21. The van der Waals surface area contributed by atoms with E-state index in [1.165, 1.54) is 0 Å². The van der Waals surface area contributed by atoms with Crippen LogP contribution in [0.3, 0.4) is 0 Å². The SMILES string of the molecule is COCc1nc2ccccc2c(C)c1C(=O)OCC(=O)c1ccc(C)c(C)c1. The molecule has 0 radical (unpaired) electrons. The molecule has 3 rings (SSSR count). The van der Waals surface area contributed by atoms with Crippen LogP contribution in [-0.2, 0) is 16.1 Å². The molecule has 0 bridgehead atoms. The first kappa shape index (κ1) is 19.7. The summed E-state index contributed by atoms with van der Waals surface area (Å²) in [6.45, 7) is 5.64. The van der Waals surface area contributed by atoms with E-state index in [1.807, 2.05) is 57.2 Å². The molecule has 5 nitrogen and oxygen atoms in total. The Morgan fingerprint density at radius 2 is 1.75 bits per heavy atom. The molecule has 1 heterocycles. The van der Waals surface area contributed by atoms with Gasteiger partial charge < -0.3 is 9.47 Å². The molecule has 0 N–H and O–H groups in total. The van der Waals surface area contributed by atoms with Gasteiger partial charge in [0.25, 0.3) is 0 Å². The zero-order valence-electron chi connectivity index (χ0n) is 16.5. The molecular formula is C23H23NO4. The summed E-state index contributed by atoms with van der Waals surface area (Å²) in [6, 6.07) is 13.0. The molecule has 0 fully saturated rings. The topological polar surface area (TPSA) is 65.5 Å². The molecule has 0 spiro atoms. The number of esters is 1. The molecule has 0 atom stereocenters. The maximum absolute atomic E-state index is 12.8. The number of ether oxygens (including phenoxy) is 2. The highest BCUT2D eigenvalue weighted by atomic mass is 16.5. The molecule has 5 heteroatoms. The number of aromatic nitrogens is 1. The number of carbonyl (C=O) groups is 2. The first-order valence-corrected chi connectivity index (χ1v) is 9.07. The highest BCUT2D eigenvalue weighted by molar-refractivity contribution is 6.01. The number of methoxy groups -OCH3 is 1. The van der Waals surface area contributed by atoms with Gasteiger partial charge in [0.05, 0.1) is 23.4 Å². The van der Waals surface area contributed by atoms with Crippen molar-refractivity contribution in [3.05, 3.63) is 76.0 Å². The van der Waals surface area contributed by atoms with Crippen LogP contribution < -0.4 is 0 Å². The largest absolute Gasteiger partial charge is 0.454 e. The number of Topliss-reactive ketones (excluding diaryl/α,β-unsaturated/α-hetero) is 1. The van der Waals surface area contributed by atoms with Crippen LogP contribution in [0.1, 0.15) is 43.1 Å². The minimum Gasteiger partial charge on any atom is -0.454 e. The molecule has 1 aromatic heterocycles. The number of rotatable bonds is 6. The number of hydrogen-bond acceptors (Lipinski definition) is 5. The molecule has 0 saturated heterocycles. The summed E-state index contributed by atoms with van der Waals surface area (Å²) < 4.78 is 10.6. The number of fused-ring (bicyclic) bond motifs is 1. The average Bonchev–Trinajstić information content (AvgIpc) is 2.68. The van der Waals surface area contributed by atoms with E-state index in [0.717, 1.165) is 27.6 Å². The summed E-state index contributed by atoms with van der Waals surface area (Å²) in [5, 5.41) is 0.870. The van der Waals surface area contributed by atoms with E-state index >= 15 is 0 Å². The summed E-state index contributed by atoms with van der Waals surface area (Å²) in [4.78, 5) is 29.8. The van der Waals surface area contributed by atoms with Crippen molar-refractivity contribution in [2.45, 2.75) is 27.4 Å². The summed E-state index contributed by atoms with van der Waals surface area (Å²) in [5.74, 6) is -0.809. The van der Waals surface area contributed by atoms with Gasteiger partial charge >= 0.3 is 5.97 Å². The third-order valence-corrected chi connectivity index (χ3v) is 4.88. The Morgan fingerprint density at radius 1 is 1.00 bits per heavy atom. The van der Waals surface area contributed by atoms with Gasteiger partial charge in [0.15, 0.2) is 12.4 Å². The number of nitrogens with zero attached hydrogens (tertiary/aromatic N) is 1. The average molecular weight is 377 g/mol. The van der Waals surface area contributed by atoms with Crippen LogP contribution >= 0.6 is 0 Å². The van der Waals surface area contributed by atoms with E-state index in [2.05, 4.69) is 4.98 Å². The molecule has 3 aromatic rings. The van der Waals surface area contributed by atoms with Crippen molar-refractivity contribution < 1.29 is 19.1 Å². The van der Waals surface area contributed by atoms with Crippen molar-refractivity contribution in [1.82, 2.24) is 4.98 Å². The minimum absolute atomic E-state index is 0.182. The smallest absolute Gasteiger partial charge is 0.340 e. The first-order chi connectivity index (χ1) is 13.4. The Bertz CT molecular complexity index is 1060. The molecule has 0 aliphatic heterocycles. The Balaban J connectivity index is 1.86. The fourth-order valence-corrected chi connectivity index (χ4v) is 3.15. The van der Waals surface area contributed by atoms with Crippen molar-refractivity contribution in [3.63, 3.8) is 0 Å². The molecule has 0 amide bonds. The van der Waals surface area contributed by atoms with E-state index < -0.39 is 5.97 Å². The zero-order chi connectivity index (χ0) is 20.3. The zero-order valence-corrected chi connectivity index (χ0v) is 16.5. The van der Waals surface area contributed by atoms with Gasteiger partial charge in [-0.05, 0) is 49.6 Å². The third-order valence-electron chi connectivity index (χ3n) is 4.88. The Kier molecular flexibility index (Phi) is 5.85. The van der Waals surface area contributed by atoms with Gasteiger partial charge in [-0.25, -0.2) is 9.78 Å². The van der Waals surface area contributed by atoms with Crippen molar-refractivity contribution in [1.29, 1.82) is 0 Å². The number of hydrogen-bond donors (Lipinski definition) is 0. The Morgan fingerprint density at radius 3 is 2.46 bits per heavy atom. The number of ketones is 1. The lowest BCUT2D eigenvalue weighted by molar-refractivity contribution is 0.0469. The van der Waals surface area contributed by atoms with Crippen molar-refractivity contribution in [2.24, 2.45) is 0 Å².